The number of nitrogens with one attached hydrogen (secondary N) is 2. The van der Waals surface area contributed by atoms with E-state index >= 15 is 0 Å². The molecule has 2 aromatic heterocycles. The summed E-state index contributed by atoms with van der Waals surface area (Å²) >= 11 is 1.51. The second kappa shape index (κ2) is 4.51. The van der Waals surface area contributed by atoms with E-state index < -0.39 is 0 Å². The van der Waals surface area contributed by atoms with Crippen molar-refractivity contribution in [3.05, 3.63) is 46.3 Å². The summed E-state index contributed by atoms with van der Waals surface area (Å²) in [5.74, 6) is 0. The summed E-state index contributed by atoms with van der Waals surface area (Å²) in [5, 5.41) is 20.2. The second-order valence-electron chi connectivity index (χ2n) is 3.87. The van der Waals surface area contributed by atoms with Gasteiger partial charge in [0.15, 0.2) is 0 Å². The molecule has 0 saturated heterocycles. The maximum Gasteiger partial charge on any atom is 0.110 e. The molecule has 0 amide bonds. The number of fused-ring (bicyclic) bond motifs is 1. The van der Waals surface area contributed by atoms with Crippen molar-refractivity contribution in [3.8, 4) is 6.07 Å². The molecule has 5 heteroatoms. The number of H-pyrrole nitrogens is 1. The van der Waals surface area contributed by atoms with Gasteiger partial charge in [0.25, 0.3) is 0 Å². The van der Waals surface area contributed by atoms with E-state index in [0.717, 1.165) is 26.3 Å². The molecule has 0 aliphatic carbocycles. The fourth-order valence-electron chi connectivity index (χ4n) is 1.83. The van der Waals surface area contributed by atoms with Gasteiger partial charge in [-0.05, 0) is 18.2 Å². The molecule has 2 N–H and O–H groups in total. The minimum Gasteiger partial charge on any atom is -0.378 e. The Labute approximate surface area is 108 Å². The Balaban J connectivity index is 1.81. The number of rotatable bonds is 3. The predicted molar refractivity (Wildman–Crippen MR) is 72.5 cm³/mol. The Hall–Kier alpha value is -2.32. The molecule has 0 aliphatic heterocycles. The van der Waals surface area contributed by atoms with E-state index in [0.29, 0.717) is 6.54 Å². The number of nitriles is 1. The maximum absolute atomic E-state index is 8.78. The van der Waals surface area contributed by atoms with E-state index in [1.54, 1.807) is 6.20 Å². The van der Waals surface area contributed by atoms with Crippen molar-refractivity contribution in [1.82, 2.24) is 10.2 Å². The van der Waals surface area contributed by atoms with Gasteiger partial charge in [-0.2, -0.15) is 10.4 Å². The van der Waals surface area contributed by atoms with E-state index in [4.69, 9.17) is 5.26 Å². The van der Waals surface area contributed by atoms with Gasteiger partial charge < -0.3 is 5.32 Å². The number of nitrogens with zero attached hydrogens (tertiary/aromatic N) is 2. The molecule has 0 spiro atoms. The SMILES string of the molecule is N#Cc1ccc(CNc2cccc3cn[nH]c23)s1. The number of thiophene rings is 1. The van der Waals surface area contributed by atoms with Gasteiger partial charge in [0.2, 0.25) is 0 Å². The quantitative estimate of drug-likeness (QED) is 0.754. The minimum atomic E-state index is 0.713. The van der Waals surface area contributed by atoms with Crippen LogP contribution in [0.3, 0.4) is 0 Å². The molecule has 2 heterocycles. The van der Waals surface area contributed by atoms with Gasteiger partial charge >= 0.3 is 0 Å². The highest BCUT2D eigenvalue weighted by molar-refractivity contribution is 7.12. The third kappa shape index (κ3) is 1.94. The third-order valence-corrected chi connectivity index (χ3v) is 3.69. The summed E-state index contributed by atoms with van der Waals surface area (Å²) in [6, 6.07) is 12.0. The number of aromatic amines is 1. The largest absolute Gasteiger partial charge is 0.378 e. The monoisotopic (exact) mass is 254 g/mol. The van der Waals surface area contributed by atoms with Crippen molar-refractivity contribution in [3.63, 3.8) is 0 Å². The molecule has 88 valence electrons. The number of hydrogen-bond donors (Lipinski definition) is 2. The molecule has 0 unspecified atom stereocenters. The topological polar surface area (TPSA) is 64.5 Å². The summed E-state index contributed by atoms with van der Waals surface area (Å²) < 4.78 is 0. The molecule has 3 rings (SSSR count). The summed E-state index contributed by atoms with van der Waals surface area (Å²) in [6.45, 7) is 0.713. The zero-order chi connectivity index (χ0) is 12.4. The van der Waals surface area contributed by atoms with Crippen molar-refractivity contribution in [1.29, 1.82) is 5.26 Å². The van der Waals surface area contributed by atoms with Crippen LogP contribution in [0.25, 0.3) is 10.9 Å². The zero-order valence-electron chi connectivity index (χ0n) is 9.47. The van der Waals surface area contributed by atoms with Gasteiger partial charge in [0.1, 0.15) is 10.9 Å². The molecule has 0 bridgehead atoms. The Kier molecular flexibility index (Phi) is 2.71. The van der Waals surface area contributed by atoms with Gasteiger partial charge in [0.05, 0.1) is 17.4 Å². The Morgan fingerprint density at radius 2 is 2.28 bits per heavy atom. The highest BCUT2D eigenvalue weighted by atomic mass is 32.1. The van der Waals surface area contributed by atoms with Gasteiger partial charge in [0, 0.05) is 16.8 Å². The van der Waals surface area contributed by atoms with Gasteiger partial charge in [-0.3, -0.25) is 5.10 Å². The van der Waals surface area contributed by atoms with Crippen LogP contribution in [0, 0.1) is 11.3 Å². The average Bonchev–Trinajstić information content (AvgIpc) is 3.05. The van der Waals surface area contributed by atoms with E-state index in [1.807, 2.05) is 30.3 Å². The molecule has 0 aliphatic rings. The standard InChI is InChI=1S/C13H10N4S/c14-6-10-4-5-11(18-10)8-15-12-3-1-2-9-7-16-17-13(9)12/h1-5,7,15H,8H2,(H,16,17). The lowest BCUT2D eigenvalue weighted by atomic mass is 10.2. The van der Waals surface area contributed by atoms with Crippen molar-refractivity contribution in [2.45, 2.75) is 6.54 Å². The molecule has 4 nitrogen and oxygen atoms in total. The fraction of sp³-hybridized carbons (Fsp3) is 0.0769. The first kappa shape index (κ1) is 10.8. The molecule has 0 saturated carbocycles. The lowest BCUT2D eigenvalue weighted by Gasteiger charge is -2.05. The number of hydrogen-bond acceptors (Lipinski definition) is 4. The Bertz CT molecular complexity index is 720. The molecule has 1 aromatic carbocycles. The smallest absolute Gasteiger partial charge is 0.110 e. The molecular weight excluding hydrogens is 244 g/mol. The van der Waals surface area contributed by atoms with Crippen LogP contribution in [0.2, 0.25) is 0 Å². The van der Waals surface area contributed by atoms with Crippen LogP contribution in [0.5, 0.6) is 0 Å². The predicted octanol–water partition coefficient (Wildman–Crippen LogP) is 3.11. The minimum absolute atomic E-state index is 0.713. The van der Waals surface area contributed by atoms with Gasteiger partial charge in [-0.1, -0.05) is 12.1 Å². The molecular formula is C13H10N4S. The van der Waals surface area contributed by atoms with Crippen LogP contribution in [-0.4, -0.2) is 10.2 Å². The van der Waals surface area contributed by atoms with Crippen molar-refractivity contribution >= 4 is 27.9 Å². The number of para-hydroxylation sites is 1. The zero-order valence-corrected chi connectivity index (χ0v) is 10.3. The summed E-state index contributed by atoms with van der Waals surface area (Å²) in [4.78, 5) is 1.88. The van der Waals surface area contributed by atoms with Crippen molar-refractivity contribution in [2.75, 3.05) is 5.32 Å². The number of benzene rings is 1. The fourth-order valence-corrected chi connectivity index (χ4v) is 2.58. The van der Waals surface area contributed by atoms with E-state index in [1.165, 1.54) is 11.3 Å². The Morgan fingerprint density at radius 3 is 3.11 bits per heavy atom. The lowest BCUT2D eigenvalue weighted by Crippen LogP contribution is -1.97. The highest BCUT2D eigenvalue weighted by Gasteiger charge is 2.03. The third-order valence-electron chi connectivity index (χ3n) is 2.70. The van der Waals surface area contributed by atoms with Crippen LogP contribution in [0.1, 0.15) is 9.75 Å². The Morgan fingerprint density at radius 1 is 1.33 bits per heavy atom. The van der Waals surface area contributed by atoms with E-state index in [9.17, 15) is 0 Å². The van der Waals surface area contributed by atoms with Crippen LogP contribution < -0.4 is 5.32 Å². The first-order valence-corrected chi connectivity index (χ1v) is 6.33. The number of anilines is 1. The second-order valence-corrected chi connectivity index (χ2v) is 5.04. The highest BCUT2D eigenvalue weighted by Crippen LogP contribution is 2.22. The van der Waals surface area contributed by atoms with Crippen molar-refractivity contribution in [2.24, 2.45) is 0 Å². The maximum atomic E-state index is 8.78. The number of aromatic nitrogens is 2. The van der Waals surface area contributed by atoms with Crippen LogP contribution in [0.4, 0.5) is 5.69 Å². The summed E-state index contributed by atoms with van der Waals surface area (Å²) in [7, 11) is 0. The molecule has 0 radical (unpaired) electrons. The van der Waals surface area contributed by atoms with Crippen LogP contribution >= 0.6 is 11.3 Å². The molecule has 0 atom stereocenters. The summed E-state index contributed by atoms with van der Waals surface area (Å²) in [6.07, 6.45) is 1.81. The first-order chi connectivity index (χ1) is 8.86. The van der Waals surface area contributed by atoms with Crippen LogP contribution in [0.15, 0.2) is 36.5 Å². The summed E-state index contributed by atoms with van der Waals surface area (Å²) in [5.41, 5.74) is 2.03. The van der Waals surface area contributed by atoms with Crippen molar-refractivity contribution < 1.29 is 0 Å². The average molecular weight is 254 g/mol. The molecule has 18 heavy (non-hydrogen) atoms. The van der Waals surface area contributed by atoms with Crippen LogP contribution in [-0.2, 0) is 6.54 Å². The molecule has 0 fully saturated rings. The molecule has 3 aromatic rings. The normalized spacial score (nSPS) is 10.4. The van der Waals surface area contributed by atoms with E-state index in [-0.39, 0.29) is 0 Å². The van der Waals surface area contributed by atoms with Gasteiger partial charge in [-0.25, -0.2) is 0 Å². The van der Waals surface area contributed by atoms with Gasteiger partial charge in [-0.15, -0.1) is 11.3 Å². The first-order valence-electron chi connectivity index (χ1n) is 5.51. The lowest BCUT2D eigenvalue weighted by molar-refractivity contribution is 1.11. The van der Waals surface area contributed by atoms with E-state index in [2.05, 4.69) is 21.6 Å².